The second-order valence-corrected chi connectivity index (χ2v) is 9.77. The minimum Gasteiger partial charge on any atom is -0.497 e. The largest absolute Gasteiger partial charge is 0.497 e. The van der Waals surface area contributed by atoms with E-state index in [0.29, 0.717) is 43.3 Å². The first-order valence-electron chi connectivity index (χ1n) is 12.0. The van der Waals surface area contributed by atoms with Crippen LogP contribution in [0.3, 0.4) is 0 Å². The summed E-state index contributed by atoms with van der Waals surface area (Å²) in [5.74, 6) is 0.661. The first-order valence-corrected chi connectivity index (χ1v) is 12.9. The highest BCUT2D eigenvalue weighted by Crippen LogP contribution is 2.25. The summed E-state index contributed by atoms with van der Waals surface area (Å²) < 4.78 is 16.5. The molecular weight excluding hydrogens is 476 g/mol. The molecule has 1 atom stereocenters. The van der Waals surface area contributed by atoms with Gasteiger partial charge < -0.3 is 24.0 Å². The fourth-order valence-corrected chi connectivity index (χ4v) is 4.98. The van der Waals surface area contributed by atoms with E-state index >= 15 is 0 Å². The quantitative estimate of drug-likeness (QED) is 0.378. The van der Waals surface area contributed by atoms with Gasteiger partial charge in [0, 0.05) is 36.2 Å². The number of thiophene rings is 1. The monoisotopic (exact) mass is 508 g/mol. The Morgan fingerprint density at radius 3 is 2.33 bits per heavy atom. The van der Waals surface area contributed by atoms with Gasteiger partial charge in [0.25, 0.3) is 5.91 Å². The third kappa shape index (κ3) is 6.86. The highest BCUT2D eigenvalue weighted by Gasteiger charge is 2.28. The van der Waals surface area contributed by atoms with E-state index in [1.54, 1.807) is 48.7 Å². The van der Waals surface area contributed by atoms with Crippen molar-refractivity contribution in [3.05, 3.63) is 82.0 Å². The van der Waals surface area contributed by atoms with Crippen LogP contribution in [-0.4, -0.2) is 61.6 Å². The topological polar surface area (TPSA) is 68.3 Å². The number of hydrogen-bond donors (Lipinski definition) is 0. The van der Waals surface area contributed by atoms with Crippen molar-refractivity contribution in [1.82, 2.24) is 9.80 Å². The van der Waals surface area contributed by atoms with Crippen LogP contribution in [-0.2, 0) is 22.6 Å². The Balaban J connectivity index is 1.58. The number of hydrogen-bond acceptors (Lipinski definition) is 6. The van der Waals surface area contributed by atoms with Gasteiger partial charge in [0.05, 0.1) is 26.9 Å². The summed E-state index contributed by atoms with van der Waals surface area (Å²) >= 11 is 1.61. The molecule has 4 rings (SSSR count). The van der Waals surface area contributed by atoms with Crippen LogP contribution in [0.15, 0.2) is 66.0 Å². The van der Waals surface area contributed by atoms with Gasteiger partial charge in [-0.25, -0.2) is 0 Å². The van der Waals surface area contributed by atoms with E-state index in [1.165, 1.54) is 0 Å². The molecule has 1 saturated heterocycles. The average Bonchev–Trinajstić information content (AvgIpc) is 3.62. The van der Waals surface area contributed by atoms with Gasteiger partial charge in [-0.1, -0.05) is 36.4 Å². The molecule has 8 heteroatoms. The Labute approximate surface area is 216 Å². The molecule has 2 heterocycles. The summed E-state index contributed by atoms with van der Waals surface area (Å²) in [6, 6.07) is 19.0. The zero-order valence-electron chi connectivity index (χ0n) is 20.7. The van der Waals surface area contributed by atoms with Crippen LogP contribution in [0, 0.1) is 0 Å². The van der Waals surface area contributed by atoms with Crippen molar-refractivity contribution in [2.45, 2.75) is 32.0 Å². The van der Waals surface area contributed by atoms with Gasteiger partial charge in [0.2, 0.25) is 5.91 Å². The van der Waals surface area contributed by atoms with E-state index in [0.717, 1.165) is 23.3 Å². The van der Waals surface area contributed by atoms with Gasteiger partial charge in [0.15, 0.2) is 0 Å². The molecule has 0 bridgehead atoms. The fraction of sp³-hybridized carbons (Fsp3) is 0.357. The Morgan fingerprint density at radius 1 is 0.972 bits per heavy atom. The lowest BCUT2D eigenvalue weighted by atomic mass is 10.1. The number of rotatable bonds is 11. The molecule has 190 valence electrons. The van der Waals surface area contributed by atoms with Crippen molar-refractivity contribution in [3.8, 4) is 11.5 Å². The van der Waals surface area contributed by atoms with Gasteiger partial charge in [-0.2, -0.15) is 0 Å². The maximum atomic E-state index is 13.7. The van der Waals surface area contributed by atoms with Crippen molar-refractivity contribution >= 4 is 23.2 Å². The number of carbonyl (C=O) groups is 2. The molecule has 0 saturated carbocycles. The van der Waals surface area contributed by atoms with E-state index in [-0.39, 0.29) is 24.5 Å². The fourth-order valence-electron chi connectivity index (χ4n) is 4.26. The number of carbonyl (C=O) groups excluding carboxylic acids is 2. The van der Waals surface area contributed by atoms with Crippen LogP contribution in [0.2, 0.25) is 0 Å². The smallest absolute Gasteiger partial charge is 0.254 e. The SMILES string of the molecule is COc1cc(OC)cc(C(=O)N(CC(=O)N(Cc2ccccc2)Cc2cccs2)CC2CCCO2)c1. The molecule has 1 unspecified atom stereocenters. The molecule has 0 N–H and O–H groups in total. The summed E-state index contributed by atoms with van der Waals surface area (Å²) in [4.78, 5) is 31.9. The molecular formula is C28H32N2O5S. The average molecular weight is 509 g/mol. The summed E-state index contributed by atoms with van der Waals surface area (Å²) in [5, 5.41) is 2.00. The van der Waals surface area contributed by atoms with Crippen molar-refractivity contribution in [3.63, 3.8) is 0 Å². The van der Waals surface area contributed by atoms with Crippen LogP contribution in [0.5, 0.6) is 11.5 Å². The zero-order chi connectivity index (χ0) is 25.3. The van der Waals surface area contributed by atoms with Crippen LogP contribution < -0.4 is 9.47 Å². The third-order valence-corrected chi connectivity index (χ3v) is 7.02. The van der Waals surface area contributed by atoms with E-state index in [1.807, 2.05) is 52.7 Å². The Morgan fingerprint density at radius 2 is 1.72 bits per heavy atom. The van der Waals surface area contributed by atoms with E-state index in [9.17, 15) is 9.59 Å². The molecule has 2 amide bonds. The van der Waals surface area contributed by atoms with Crippen molar-refractivity contribution in [2.75, 3.05) is 33.9 Å². The van der Waals surface area contributed by atoms with Crippen LogP contribution in [0.1, 0.15) is 33.6 Å². The van der Waals surface area contributed by atoms with Crippen LogP contribution in [0.4, 0.5) is 0 Å². The Hall–Kier alpha value is -3.36. The zero-order valence-corrected chi connectivity index (χ0v) is 21.5. The molecule has 1 fully saturated rings. The third-order valence-electron chi connectivity index (χ3n) is 6.16. The maximum Gasteiger partial charge on any atom is 0.254 e. The minimum atomic E-state index is -0.258. The van der Waals surface area contributed by atoms with Crippen molar-refractivity contribution in [1.29, 1.82) is 0 Å². The summed E-state index contributed by atoms with van der Waals surface area (Å²) in [6.45, 7) is 1.93. The molecule has 3 aromatic rings. The Kier molecular flexibility index (Phi) is 8.97. The maximum absolute atomic E-state index is 13.7. The van der Waals surface area contributed by atoms with Crippen LogP contribution >= 0.6 is 11.3 Å². The summed E-state index contributed by atoms with van der Waals surface area (Å²) in [6.07, 6.45) is 1.73. The predicted molar refractivity (Wildman–Crippen MR) is 139 cm³/mol. The molecule has 1 aromatic heterocycles. The second kappa shape index (κ2) is 12.6. The molecule has 0 radical (unpaired) electrons. The summed E-state index contributed by atoms with van der Waals surface area (Å²) in [7, 11) is 3.09. The molecule has 0 spiro atoms. The molecule has 1 aliphatic heterocycles. The van der Waals surface area contributed by atoms with Crippen molar-refractivity contribution < 1.29 is 23.8 Å². The summed E-state index contributed by atoms with van der Waals surface area (Å²) in [5.41, 5.74) is 1.45. The first-order chi connectivity index (χ1) is 17.6. The molecule has 7 nitrogen and oxygen atoms in total. The first kappa shape index (κ1) is 25.7. The predicted octanol–water partition coefficient (Wildman–Crippen LogP) is 4.62. The second-order valence-electron chi connectivity index (χ2n) is 8.74. The highest BCUT2D eigenvalue weighted by atomic mass is 32.1. The minimum absolute atomic E-state index is 0.0452. The normalized spacial score (nSPS) is 14.9. The number of amides is 2. The lowest BCUT2D eigenvalue weighted by molar-refractivity contribution is -0.133. The molecule has 2 aromatic carbocycles. The Bertz CT molecular complexity index is 1110. The molecule has 0 aliphatic carbocycles. The molecule has 1 aliphatic rings. The highest BCUT2D eigenvalue weighted by molar-refractivity contribution is 7.09. The van der Waals surface area contributed by atoms with Gasteiger partial charge in [-0.05, 0) is 42.0 Å². The van der Waals surface area contributed by atoms with Gasteiger partial charge in [0.1, 0.15) is 18.0 Å². The van der Waals surface area contributed by atoms with Gasteiger partial charge >= 0.3 is 0 Å². The number of methoxy groups -OCH3 is 2. The standard InChI is InChI=1S/C28H32N2O5S/c1-33-24-14-22(15-25(16-24)34-2)28(32)30(18-23-10-6-12-35-23)20-27(31)29(19-26-11-7-13-36-26)17-21-8-4-3-5-9-21/h3-5,7-9,11,13-16,23H,6,10,12,17-20H2,1-2H3. The lowest BCUT2D eigenvalue weighted by Crippen LogP contribution is -2.45. The lowest BCUT2D eigenvalue weighted by Gasteiger charge is -2.29. The molecule has 36 heavy (non-hydrogen) atoms. The van der Waals surface area contributed by atoms with E-state index < -0.39 is 0 Å². The number of ether oxygens (including phenoxy) is 3. The number of benzene rings is 2. The van der Waals surface area contributed by atoms with Gasteiger partial charge in [-0.3, -0.25) is 9.59 Å². The van der Waals surface area contributed by atoms with Gasteiger partial charge in [-0.15, -0.1) is 11.3 Å². The van der Waals surface area contributed by atoms with E-state index in [2.05, 4.69) is 0 Å². The van der Waals surface area contributed by atoms with Crippen molar-refractivity contribution in [2.24, 2.45) is 0 Å². The van der Waals surface area contributed by atoms with Crippen LogP contribution in [0.25, 0.3) is 0 Å². The van der Waals surface area contributed by atoms with E-state index in [4.69, 9.17) is 14.2 Å². The number of nitrogens with zero attached hydrogens (tertiary/aromatic N) is 2.